The third-order valence-electron chi connectivity index (χ3n) is 2.96. The van der Waals surface area contributed by atoms with Crippen LogP contribution in [-0.4, -0.2) is 50.8 Å². The molecule has 0 radical (unpaired) electrons. The number of carbonyl (C=O) groups excluding carboxylic acids is 1. The molecule has 1 atom stereocenters. The van der Waals surface area contributed by atoms with Gasteiger partial charge >= 0.3 is 0 Å². The predicted octanol–water partition coefficient (Wildman–Crippen LogP) is 0.596. The summed E-state index contributed by atoms with van der Waals surface area (Å²) in [7, 11) is 3.86. The Balaban J connectivity index is 0.00000200. The Morgan fingerprint density at radius 2 is 2.29 bits per heavy atom. The molecule has 0 bridgehead atoms. The zero-order valence-corrected chi connectivity index (χ0v) is 13.8. The maximum atomic E-state index is 11.9. The molecule has 1 aliphatic rings. The van der Waals surface area contributed by atoms with Crippen LogP contribution in [0.4, 0.5) is 5.82 Å². The number of nitrogens with zero attached hydrogens (tertiary/aromatic N) is 2. The highest BCUT2D eigenvalue weighted by Gasteiger charge is 2.21. The molecule has 1 fully saturated rings. The first kappa shape index (κ1) is 19.9. The maximum Gasteiger partial charge on any atom is 0.250 e. The second-order valence-electron chi connectivity index (χ2n) is 4.66. The van der Waals surface area contributed by atoms with Crippen molar-refractivity contribution in [2.45, 2.75) is 12.6 Å². The summed E-state index contributed by atoms with van der Waals surface area (Å²) >= 11 is 0. The minimum atomic E-state index is -0.395. The predicted molar refractivity (Wildman–Crippen MR) is 87.5 cm³/mol. The van der Waals surface area contributed by atoms with Gasteiger partial charge in [0.1, 0.15) is 11.9 Å². The van der Waals surface area contributed by atoms with Gasteiger partial charge in [-0.2, -0.15) is 0 Å². The molecule has 1 aliphatic heterocycles. The second kappa shape index (κ2) is 9.78. The van der Waals surface area contributed by atoms with E-state index in [0.29, 0.717) is 19.7 Å². The summed E-state index contributed by atoms with van der Waals surface area (Å²) in [6.45, 7) is 2.41. The fourth-order valence-corrected chi connectivity index (χ4v) is 2.00. The molecule has 2 heterocycles. The minimum Gasteiger partial charge on any atom is -0.366 e. The van der Waals surface area contributed by atoms with Crippen LogP contribution in [0, 0.1) is 0 Å². The SMILES string of the molecule is CN(C)c1ncccc1CNC(=O)[C@H]1CNCCO1.Cl.Cl. The molecule has 2 N–H and O–H groups in total. The van der Waals surface area contributed by atoms with Crippen molar-refractivity contribution in [1.29, 1.82) is 0 Å². The Kier molecular flexibility index (Phi) is 9.28. The van der Waals surface area contributed by atoms with Crippen LogP contribution < -0.4 is 15.5 Å². The second-order valence-corrected chi connectivity index (χ2v) is 4.66. The lowest BCUT2D eigenvalue weighted by Crippen LogP contribution is -2.47. The van der Waals surface area contributed by atoms with Gasteiger partial charge in [0.2, 0.25) is 0 Å². The first-order valence-corrected chi connectivity index (χ1v) is 6.39. The van der Waals surface area contributed by atoms with E-state index in [0.717, 1.165) is 17.9 Å². The van der Waals surface area contributed by atoms with Gasteiger partial charge in [-0.05, 0) is 6.07 Å². The number of halogens is 2. The number of amides is 1. The average Bonchev–Trinajstić information content (AvgIpc) is 2.46. The van der Waals surface area contributed by atoms with E-state index in [9.17, 15) is 4.79 Å². The lowest BCUT2D eigenvalue weighted by Gasteiger charge is -2.23. The Labute approximate surface area is 137 Å². The number of hydrogen-bond donors (Lipinski definition) is 2. The molecule has 0 aliphatic carbocycles. The summed E-state index contributed by atoms with van der Waals surface area (Å²) in [6, 6.07) is 3.83. The Morgan fingerprint density at radius 3 is 2.90 bits per heavy atom. The quantitative estimate of drug-likeness (QED) is 0.842. The van der Waals surface area contributed by atoms with E-state index < -0.39 is 6.10 Å². The Morgan fingerprint density at radius 1 is 1.52 bits per heavy atom. The van der Waals surface area contributed by atoms with E-state index in [1.165, 1.54) is 0 Å². The number of anilines is 1. The maximum absolute atomic E-state index is 11.9. The fraction of sp³-hybridized carbons (Fsp3) is 0.538. The van der Waals surface area contributed by atoms with Crippen molar-refractivity contribution in [3.05, 3.63) is 23.9 Å². The smallest absolute Gasteiger partial charge is 0.250 e. The zero-order valence-electron chi connectivity index (χ0n) is 12.2. The van der Waals surface area contributed by atoms with Gasteiger partial charge in [-0.3, -0.25) is 4.79 Å². The number of rotatable bonds is 4. The number of nitrogens with one attached hydrogen (secondary N) is 2. The highest BCUT2D eigenvalue weighted by atomic mass is 35.5. The van der Waals surface area contributed by atoms with E-state index in [4.69, 9.17) is 4.74 Å². The van der Waals surface area contributed by atoms with Crippen LogP contribution >= 0.6 is 24.8 Å². The summed E-state index contributed by atoms with van der Waals surface area (Å²) in [5, 5.41) is 6.03. The molecule has 1 saturated heterocycles. The van der Waals surface area contributed by atoms with Crippen molar-refractivity contribution in [2.75, 3.05) is 38.7 Å². The van der Waals surface area contributed by atoms with Gasteiger partial charge in [0.25, 0.3) is 5.91 Å². The van der Waals surface area contributed by atoms with E-state index in [2.05, 4.69) is 15.6 Å². The van der Waals surface area contributed by atoms with Crippen molar-refractivity contribution < 1.29 is 9.53 Å². The van der Waals surface area contributed by atoms with Crippen LogP contribution in [0.25, 0.3) is 0 Å². The fourth-order valence-electron chi connectivity index (χ4n) is 2.00. The van der Waals surface area contributed by atoms with E-state index in [1.54, 1.807) is 6.20 Å². The summed E-state index contributed by atoms with van der Waals surface area (Å²) < 4.78 is 5.41. The van der Waals surface area contributed by atoms with E-state index in [1.807, 2.05) is 31.1 Å². The van der Waals surface area contributed by atoms with Crippen LogP contribution in [0.1, 0.15) is 5.56 Å². The average molecular weight is 337 g/mol. The van der Waals surface area contributed by atoms with E-state index >= 15 is 0 Å². The lowest BCUT2D eigenvalue weighted by atomic mass is 10.2. The van der Waals surface area contributed by atoms with Gasteiger partial charge in [-0.1, -0.05) is 6.07 Å². The molecule has 0 spiro atoms. The molecule has 120 valence electrons. The molecule has 1 aromatic heterocycles. The standard InChI is InChI=1S/C13H20N4O2.2ClH/c1-17(2)12-10(4-3-5-15-12)8-16-13(18)11-9-14-6-7-19-11;;/h3-5,11,14H,6-9H2,1-2H3,(H,16,18);2*1H/t11-;;/m1../s1. The van der Waals surface area contributed by atoms with Crippen LogP contribution in [0.2, 0.25) is 0 Å². The van der Waals surface area contributed by atoms with E-state index in [-0.39, 0.29) is 30.7 Å². The van der Waals surface area contributed by atoms with Gasteiger partial charge < -0.3 is 20.3 Å². The Hall–Kier alpha value is -1.08. The van der Waals surface area contributed by atoms with Crippen LogP contribution in [-0.2, 0) is 16.1 Å². The highest BCUT2D eigenvalue weighted by molar-refractivity contribution is 5.85. The van der Waals surface area contributed by atoms with Gasteiger partial charge in [-0.25, -0.2) is 4.98 Å². The summed E-state index contributed by atoms with van der Waals surface area (Å²) in [5.41, 5.74) is 0.990. The highest BCUT2D eigenvalue weighted by Crippen LogP contribution is 2.13. The van der Waals surface area contributed by atoms with Crippen molar-refractivity contribution >= 4 is 36.5 Å². The molecular weight excluding hydrogens is 315 g/mol. The first-order valence-electron chi connectivity index (χ1n) is 6.39. The topological polar surface area (TPSA) is 66.5 Å². The molecule has 0 aromatic carbocycles. The molecule has 2 rings (SSSR count). The van der Waals surface area contributed by atoms with Crippen LogP contribution in [0.3, 0.4) is 0 Å². The third-order valence-corrected chi connectivity index (χ3v) is 2.96. The van der Waals surface area contributed by atoms with Crippen LogP contribution in [0.15, 0.2) is 18.3 Å². The number of hydrogen-bond acceptors (Lipinski definition) is 5. The van der Waals surface area contributed by atoms with Gasteiger partial charge in [0.15, 0.2) is 0 Å². The van der Waals surface area contributed by atoms with Gasteiger partial charge in [-0.15, -0.1) is 24.8 Å². The summed E-state index contributed by atoms with van der Waals surface area (Å²) in [6.07, 6.45) is 1.35. The molecule has 0 saturated carbocycles. The molecular formula is C13H22Cl2N4O2. The molecule has 6 nitrogen and oxygen atoms in total. The van der Waals surface area contributed by atoms with Crippen molar-refractivity contribution in [1.82, 2.24) is 15.6 Å². The molecule has 21 heavy (non-hydrogen) atoms. The largest absolute Gasteiger partial charge is 0.366 e. The first-order chi connectivity index (χ1) is 9.18. The summed E-state index contributed by atoms with van der Waals surface area (Å²) in [5.74, 6) is 0.784. The van der Waals surface area contributed by atoms with Crippen molar-refractivity contribution in [2.24, 2.45) is 0 Å². The normalized spacial score (nSPS) is 17.1. The van der Waals surface area contributed by atoms with Gasteiger partial charge in [0, 0.05) is 45.5 Å². The monoisotopic (exact) mass is 336 g/mol. The number of morpholine rings is 1. The number of aromatic nitrogens is 1. The number of carbonyl (C=O) groups is 1. The molecule has 0 unspecified atom stereocenters. The summed E-state index contributed by atoms with van der Waals surface area (Å²) in [4.78, 5) is 18.2. The third kappa shape index (κ3) is 5.67. The molecule has 1 amide bonds. The van der Waals surface area contributed by atoms with Gasteiger partial charge in [0.05, 0.1) is 6.61 Å². The number of ether oxygens (including phenoxy) is 1. The minimum absolute atomic E-state index is 0. The Bertz CT molecular complexity index is 440. The number of pyridine rings is 1. The van der Waals surface area contributed by atoms with Crippen molar-refractivity contribution in [3.8, 4) is 0 Å². The molecule has 8 heteroatoms. The lowest BCUT2D eigenvalue weighted by molar-refractivity contribution is -0.134. The molecule has 1 aromatic rings. The van der Waals surface area contributed by atoms with Crippen LogP contribution in [0.5, 0.6) is 0 Å². The van der Waals surface area contributed by atoms with Crippen molar-refractivity contribution in [3.63, 3.8) is 0 Å². The zero-order chi connectivity index (χ0) is 13.7.